The fourth-order valence-electron chi connectivity index (χ4n) is 0.858. The van der Waals surface area contributed by atoms with Crippen LogP contribution in [0.2, 0.25) is 0 Å². The topological polar surface area (TPSA) is 62.7 Å². The first-order valence-electron chi connectivity index (χ1n) is 3.52. The quantitative estimate of drug-likeness (QED) is 0.632. The van der Waals surface area contributed by atoms with Crippen molar-refractivity contribution >= 4 is 11.8 Å². The molecule has 1 aromatic rings. The Bertz CT molecular complexity index is 347. The summed E-state index contributed by atoms with van der Waals surface area (Å²) < 4.78 is 0. The molecule has 0 spiro atoms. The summed E-state index contributed by atoms with van der Waals surface area (Å²) in [5.74, 6) is 0. The second-order valence-electron chi connectivity index (χ2n) is 2.45. The molecule has 0 fully saturated rings. The lowest BCUT2D eigenvalue weighted by molar-refractivity contribution is 1.25. The third kappa shape index (κ3) is 1.83. The lowest BCUT2D eigenvalue weighted by Crippen LogP contribution is -1.93. The fraction of sp³-hybridized carbons (Fsp3) is 0.111. The monoisotopic (exact) mass is 159 g/mol. The van der Waals surface area contributed by atoms with Crippen LogP contribution in [0.1, 0.15) is 11.3 Å². The van der Waals surface area contributed by atoms with Crippen molar-refractivity contribution in [2.75, 3.05) is 5.73 Å². The van der Waals surface area contributed by atoms with Gasteiger partial charge in [0.15, 0.2) is 0 Å². The summed E-state index contributed by atoms with van der Waals surface area (Å²) in [6.07, 6.45) is 4.66. The van der Waals surface area contributed by atoms with Gasteiger partial charge in [0.05, 0.1) is 17.5 Å². The molecule has 3 heteroatoms. The number of rotatable bonds is 1. The van der Waals surface area contributed by atoms with Crippen LogP contribution in [0.25, 0.3) is 6.08 Å². The minimum atomic E-state index is 0.599. The van der Waals surface area contributed by atoms with Crippen LogP contribution in [0, 0.1) is 18.3 Å². The summed E-state index contributed by atoms with van der Waals surface area (Å²) in [6.45, 7) is 1.92. The molecule has 0 unspecified atom stereocenters. The number of anilines is 1. The maximum absolute atomic E-state index is 8.27. The molecular formula is C9H9N3. The van der Waals surface area contributed by atoms with E-state index in [0.717, 1.165) is 5.56 Å². The van der Waals surface area contributed by atoms with Gasteiger partial charge in [-0.2, -0.15) is 5.26 Å². The van der Waals surface area contributed by atoms with E-state index in [1.54, 1.807) is 12.3 Å². The van der Waals surface area contributed by atoms with E-state index in [4.69, 9.17) is 11.0 Å². The van der Waals surface area contributed by atoms with Crippen molar-refractivity contribution in [1.29, 1.82) is 5.26 Å². The number of nitriles is 1. The van der Waals surface area contributed by atoms with E-state index >= 15 is 0 Å². The first kappa shape index (κ1) is 8.28. The van der Waals surface area contributed by atoms with Crippen LogP contribution in [-0.2, 0) is 0 Å². The number of pyridine rings is 1. The van der Waals surface area contributed by atoms with Crippen molar-refractivity contribution in [1.82, 2.24) is 4.98 Å². The molecular weight excluding hydrogens is 150 g/mol. The average molecular weight is 159 g/mol. The summed E-state index contributed by atoms with van der Waals surface area (Å²) >= 11 is 0. The highest BCUT2D eigenvalue weighted by atomic mass is 14.7. The smallest absolute Gasteiger partial charge is 0.0912 e. The first-order chi connectivity index (χ1) is 5.74. The minimum absolute atomic E-state index is 0.599. The van der Waals surface area contributed by atoms with Crippen LogP contribution in [-0.4, -0.2) is 4.98 Å². The third-order valence-electron chi connectivity index (χ3n) is 1.40. The van der Waals surface area contributed by atoms with Crippen LogP contribution in [0.5, 0.6) is 0 Å². The fourth-order valence-corrected chi connectivity index (χ4v) is 0.858. The van der Waals surface area contributed by atoms with Crippen molar-refractivity contribution in [3.05, 3.63) is 29.6 Å². The predicted molar refractivity (Wildman–Crippen MR) is 48.0 cm³/mol. The number of nitrogens with two attached hydrogens (primary N) is 1. The van der Waals surface area contributed by atoms with Crippen molar-refractivity contribution in [3.63, 3.8) is 0 Å². The van der Waals surface area contributed by atoms with Crippen LogP contribution in [0.15, 0.2) is 18.3 Å². The Morgan fingerprint density at radius 1 is 1.67 bits per heavy atom. The molecule has 0 aliphatic rings. The average Bonchev–Trinajstić information content (AvgIpc) is 2.03. The standard InChI is InChI=1S/C9H9N3/c1-7-5-8(11)9(12-6-7)3-2-4-10/h2-3,5-6H,11H2,1H3. The molecule has 0 aromatic carbocycles. The number of hydrogen-bond acceptors (Lipinski definition) is 3. The Labute approximate surface area is 71.2 Å². The molecule has 0 aliphatic carbocycles. The van der Waals surface area contributed by atoms with Gasteiger partial charge < -0.3 is 5.73 Å². The van der Waals surface area contributed by atoms with Gasteiger partial charge in [-0.1, -0.05) is 0 Å². The summed E-state index contributed by atoms with van der Waals surface area (Å²) in [5.41, 5.74) is 7.89. The second kappa shape index (κ2) is 3.54. The second-order valence-corrected chi connectivity index (χ2v) is 2.45. The van der Waals surface area contributed by atoms with Gasteiger partial charge >= 0.3 is 0 Å². The van der Waals surface area contributed by atoms with E-state index in [2.05, 4.69) is 4.98 Å². The molecule has 0 radical (unpaired) electrons. The molecule has 1 heterocycles. The Balaban J connectivity index is 3.03. The molecule has 0 aliphatic heterocycles. The molecule has 60 valence electrons. The van der Waals surface area contributed by atoms with Gasteiger partial charge in [0.2, 0.25) is 0 Å². The van der Waals surface area contributed by atoms with Gasteiger partial charge in [-0.05, 0) is 24.6 Å². The zero-order chi connectivity index (χ0) is 8.97. The summed E-state index contributed by atoms with van der Waals surface area (Å²) in [5, 5.41) is 8.27. The SMILES string of the molecule is Cc1cnc(C=CC#N)c(N)c1. The lowest BCUT2D eigenvalue weighted by Gasteiger charge is -1.98. The van der Waals surface area contributed by atoms with Crippen molar-refractivity contribution < 1.29 is 0 Å². The van der Waals surface area contributed by atoms with Gasteiger partial charge in [-0.25, -0.2) is 0 Å². The van der Waals surface area contributed by atoms with Gasteiger partial charge in [0.25, 0.3) is 0 Å². The molecule has 0 atom stereocenters. The highest BCUT2D eigenvalue weighted by Crippen LogP contribution is 2.11. The predicted octanol–water partition coefficient (Wildman–Crippen LogP) is 1.51. The Morgan fingerprint density at radius 3 is 3.00 bits per heavy atom. The zero-order valence-electron chi connectivity index (χ0n) is 6.78. The number of aromatic nitrogens is 1. The number of hydrogen-bond donors (Lipinski definition) is 1. The van der Waals surface area contributed by atoms with Crippen LogP contribution < -0.4 is 5.73 Å². The Morgan fingerprint density at radius 2 is 2.42 bits per heavy atom. The largest absolute Gasteiger partial charge is 0.397 e. The number of allylic oxidation sites excluding steroid dienone is 1. The summed E-state index contributed by atoms with van der Waals surface area (Å²) in [7, 11) is 0. The normalized spacial score (nSPS) is 10.0. The lowest BCUT2D eigenvalue weighted by atomic mass is 10.2. The van der Waals surface area contributed by atoms with Crippen molar-refractivity contribution in [2.45, 2.75) is 6.92 Å². The maximum Gasteiger partial charge on any atom is 0.0912 e. The Kier molecular flexibility index (Phi) is 2.44. The van der Waals surface area contributed by atoms with Crippen LogP contribution >= 0.6 is 0 Å². The molecule has 0 saturated heterocycles. The molecule has 12 heavy (non-hydrogen) atoms. The van der Waals surface area contributed by atoms with E-state index in [9.17, 15) is 0 Å². The van der Waals surface area contributed by atoms with Crippen molar-refractivity contribution in [3.8, 4) is 6.07 Å². The summed E-state index contributed by atoms with van der Waals surface area (Å²) in [6, 6.07) is 3.71. The molecule has 1 rings (SSSR count). The van der Waals surface area contributed by atoms with E-state index in [0.29, 0.717) is 11.4 Å². The van der Waals surface area contributed by atoms with Gasteiger partial charge in [-0.3, -0.25) is 4.98 Å². The van der Waals surface area contributed by atoms with Crippen molar-refractivity contribution in [2.24, 2.45) is 0 Å². The maximum atomic E-state index is 8.27. The molecule has 0 amide bonds. The molecule has 0 saturated carbocycles. The molecule has 1 aromatic heterocycles. The van der Waals surface area contributed by atoms with Gasteiger partial charge in [0.1, 0.15) is 0 Å². The minimum Gasteiger partial charge on any atom is -0.397 e. The number of aryl methyl sites for hydroxylation is 1. The van der Waals surface area contributed by atoms with Crippen LogP contribution in [0.3, 0.4) is 0 Å². The third-order valence-corrected chi connectivity index (χ3v) is 1.40. The number of nitrogen functional groups attached to an aromatic ring is 1. The van der Waals surface area contributed by atoms with Gasteiger partial charge in [-0.15, -0.1) is 0 Å². The van der Waals surface area contributed by atoms with Gasteiger partial charge in [0, 0.05) is 12.3 Å². The highest BCUT2D eigenvalue weighted by molar-refractivity contribution is 5.62. The zero-order valence-corrected chi connectivity index (χ0v) is 6.78. The summed E-state index contributed by atoms with van der Waals surface area (Å²) in [4.78, 5) is 4.05. The molecule has 3 nitrogen and oxygen atoms in total. The van der Waals surface area contributed by atoms with E-state index in [1.807, 2.05) is 19.1 Å². The van der Waals surface area contributed by atoms with Crippen LogP contribution in [0.4, 0.5) is 5.69 Å². The molecule has 0 bridgehead atoms. The highest BCUT2D eigenvalue weighted by Gasteiger charge is 1.95. The van der Waals surface area contributed by atoms with E-state index < -0.39 is 0 Å². The number of nitrogens with zero attached hydrogens (tertiary/aromatic N) is 2. The Hall–Kier alpha value is -1.82. The molecule has 2 N–H and O–H groups in total. The first-order valence-corrected chi connectivity index (χ1v) is 3.52. The van der Waals surface area contributed by atoms with E-state index in [-0.39, 0.29) is 0 Å². The van der Waals surface area contributed by atoms with E-state index in [1.165, 1.54) is 6.08 Å².